The highest BCUT2D eigenvalue weighted by Crippen LogP contribution is 2.44. The third-order valence-corrected chi connectivity index (χ3v) is 2.75. The SMILES string of the molecule is FC1CCCC1(F)c1ccccc1. The number of alkyl halides is 2. The smallest absolute Gasteiger partial charge is 0.166 e. The molecule has 0 bridgehead atoms. The molecule has 1 aliphatic carbocycles. The second-order valence-electron chi connectivity index (χ2n) is 3.59. The molecule has 0 aromatic heterocycles. The molecule has 2 heteroatoms. The summed E-state index contributed by atoms with van der Waals surface area (Å²) in [6, 6.07) is 8.65. The standard InChI is InChI=1S/C11H12F2/c12-10-7-4-8-11(10,13)9-5-2-1-3-6-9/h1-3,5-6,10H,4,7-8H2. The molecule has 0 heterocycles. The van der Waals surface area contributed by atoms with Crippen LogP contribution in [0.1, 0.15) is 24.8 Å². The molecule has 1 saturated carbocycles. The molecule has 0 radical (unpaired) electrons. The van der Waals surface area contributed by atoms with Crippen molar-refractivity contribution < 1.29 is 8.78 Å². The van der Waals surface area contributed by atoms with Crippen LogP contribution in [-0.4, -0.2) is 6.17 Å². The number of rotatable bonds is 1. The van der Waals surface area contributed by atoms with Crippen LogP contribution >= 0.6 is 0 Å². The molecule has 2 rings (SSSR count). The fraction of sp³-hybridized carbons (Fsp3) is 0.455. The van der Waals surface area contributed by atoms with Crippen LogP contribution in [0.5, 0.6) is 0 Å². The van der Waals surface area contributed by atoms with Crippen molar-refractivity contribution in [2.24, 2.45) is 0 Å². The Balaban J connectivity index is 2.34. The van der Waals surface area contributed by atoms with E-state index < -0.39 is 11.8 Å². The monoisotopic (exact) mass is 182 g/mol. The summed E-state index contributed by atoms with van der Waals surface area (Å²) in [6.45, 7) is 0. The molecule has 1 fully saturated rings. The first kappa shape index (κ1) is 8.67. The van der Waals surface area contributed by atoms with Gasteiger partial charge in [0.15, 0.2) is 5.67 Å². The average molecular weight is 182 g/mol. The van der Waals surface area contributed by atoms with Crippen LogP contribution in [0.4, 0.5) is 8.78 Å². The molecule has 1 aliphatic rings. The van der Waals surface area contributed by atoms with Gasteiger partial charge in [0.2, 0.25) is 0 Å². The van der Waals surface area contributed by atoms with Gasteiger partial charge in [-0.05, 0) is 24.8 Å². The Morgan fingerprint density at radius 2 is 1.92 bits per heavy atom. The Bertz CT molecular complexity index is 283. The minimum absolute atomic E-state index is 0.318. The topological polar surface area (TPSA) is 0 Å². The van der Waals surface area contributed by atoms with Crippen LogP contribution < -0.4 is 0 Å². The van der Waals surface area contributed by atoms with E-state index in [0.717, 1.165) is 0 Å². The summed E-state index contributed by atoms with van der Waals surface area (Å²) in [4.78, 5) is 0. The van der Waals surface area contributed by atoms with Gasteiger partial charge in [0.25, 0.3) is 0 Å². The normalized spacial score (nSPS) is 33.5. The number of benzene rings is 1. The third-order valence-electron chi connectivity index (χ3n) is 2.75. The van der Waals surface area contributed by atoms with E-state index in [-0.39, 0.29) is 0 Å². The van der Waals surface area contributed by atoms with Crippen molar-refractivity contribution in [1.82, 2.24) is 0 Å². The predicted molar refractivity (Wildman–Crippen MR) is 48.0 cm³/mol. The fourth-order valence-corrected chi connectivity index (χ4v) is 1.96. The highest BCUT2D eigenvalue weighted by atomic mass is 19.2. The van der Waals surface area contributed by atoms with Gasteiger partial charge in [-0.15, -0.1) is 0 Å². The van der Waals surface area contributed by atoms with Crippen LogP contribution in [0.3, 0.4) is 0 Å². The van der Waals surface area contributed by atoms with Crippen LogP contribution in [0.2, 0.25) is 0 Å². The fourth-order valence-electron chi connectivity index (χ4n) is 1.96. The van der Waals surface area contributed by atoms with E-state index in [1.807, 2.05) is 6.07 Å². The van der Waals surface area contributed by atoms with Gasteiger partial charge in [-0.25, -0.2) is 8.78 Å². The summed E-state index contributed by atoms with van der Waals surface area (Å²) in [6.07, 6.45) is -0.00856. The van der Waals surface area contributed by atoms with Crippen molar-refractivity contribution in [2.75, 3.05) is 0 Å². The van der Waals surface area contributed by atoms with Gasteiger partial charge >= 0.3 is 0 Å². The van der Waals surface area contributed by atoms with E-state index in [9.17, 15) is 8.78 Å². The third kappa shape index (κ3) is 1.34. The van der Waals surface area contributed by atoms with Crippen molar-refractivity contribution in [3.63, 3.8) is 0 Å². The Labute approximate surface area is 76.6 Å². The summed E-state index contributed by atoms with van der Waals surface area (Å²) < 4.78 is 27.3. The van der Waals surface area contributed by atoms with Gasteiger partial charge in [-0.2, -0.15) is 0 Å². The van der Waals surface area contributed by atoms with Gasteiger partial charge in [0.1, 0.15) is 6.17 Å². The lowest BCUT2D eigenvalue weighted by Gasteiger charge is -2.22. The maximum absolute atomic E-state index is 14.1. The molecule has 0 aliphatic heterocycles. The molecule has 2 unspecified atom stereocenters. The molecule has 0 amide bonds. The minimum atomic E-state index is -1.72. The zero-order valence-electron chi connectivity index (χ0n) is 7.34. The highest BCUT2D eigenvalue weighted by Gasteiger charge is 2.45. The predicted octanol–water partition coefficient (Wildman–Crippen LogP) is 3.37. The van der Waals surface area contributed by atoms with E-state index in [1.54, 1.807) is 24.3 Å². The molecule has 13 heavy (non-hydrogen) atoms. The molecular formula is C11H12F2. The van der Waals surface area contributed by atoms with E-state index in [4.69, 9.17) is 0 Å². The first-order chi connectivity index (χ1) is 6.23. The second kappa shape index (κ2) is 3.09. The number of hydrogen-bond acceptors (Lipinski definition) is 0. The molecular weight excluding hydrogens is 170 g/mol. The van der Waals surface area contributed by atoms with Crippen LogP contribution in [-0.2, 0) is 5.67 Å². The zero-order chi connectivity index (χ0) is 9.31. The highest BCUT2D eigenvalue weighted by molar-refractivity contribution is 5.25. The number of halogens is 2. The average Bonchev–Trinajstić information content (AvgIpc) is 2.50. The molecule has 1 aromatic carbocycles. The lowest BCUT2D eigenvalue weighted by molar-refractivity contribution is 0.0754. The summed E-state index contributed by atoms with van der Waals surface area (Å²) in [5, 5.41) is 0. The molecule has 2 atom stereocenters. The molecule has 0 spiro atoms. The summed E-state index contributed by atoms with van der Waals surface area (Å²) in [5.74, 6) is 0. The minimum Gasteiger partial charge on any atom is -0.244 e. The quantitative estimate of drug-likeness (QED) is 0.624. The second-order valence-corrected chi connectivity index (χ2v) is 3.59. The van der Waals surface area contributed by atoms with Gasteiger partial charge in [0.05, 0.1) is 0 Å². The molecule has 1 aromatic rings. The van der Waals surface area contributed by atoms with Gasteiger partial charge in [-0.1, -0.05) is 30.3 Å². The Morgan fingerprint density at radius 3 is 2.46 bits per heavy atom. The Morgan fingerprint density at radius 1 is 1.23 bits per heavy atom. The van der Waals surface area contributed by atoms with Gasteiger partial charge in [0, 0.05) is 0 Å². The van der Waals surface area contributed by atoms with Crippen molar-refractivity contribution in [3.8, 4) is 0 Å². The molecule has 0 N–H and O–H groups in total. The zero-order valence-corrected chi connectivity index (χ0v) is 7.34. The Hall–Kier alpha value is -0.920. The van der Waals surface area contributed by atoms with Gasteiger partial charge in [-0.3, -0.25) is 0 Å². The van der Waals surface area contributed by atoms with Crippen molar-refractivity contribution in [1.29, 1.82) is 0 Å². The summed E-state index contributed by atoms with van der Waals surface area (Å²) in [7, 11) is 0. The first-order valence-corrected chi connectivity index (χ1v) is 4.62. The molecule has 70 valence electrons. The maximum Gasteiger partial charge on any atom is 0.166 e. The van der Waals surface area contributed by atoms with Gasteiger partial charge < -0.3 is 0 Å². The summed E-state index contributed by atoms with van der Waals surface area (Å²) in [5.41, 5.74) is -1.23. The molecule has 0 nitrogen and oxygen atoms in total. The Kier molecular flexibility index (Phi) is 2.06. The summed E-state index contributed by atoms with van der Waals surface area (Å²) >= 11 is 0. The van der Waals surface area contributed by atoms with Crippen LogP contribution in [0.25, 0.3) is 0 Å². The van der Waals surface area contributed by atoms with Crippen molar-refractivity contribution >= 4 is 0 Å². The van der Waals surface area contributed by atoms with Crippen molar-refractivity contribution in [3.05, 3.63) is 35.9 Å². The van der Waals surface area contributed by atoms with E-state index >= 15 is 0 Å². The number of hydrogen-bond donors (Lipinski definition) is 0. The lowest BCUT2D eigenvalue weighted by Crippen LogP contribution is -2.26. The molecule has 0 saturated heterocycles. The van der Waals surface area contributed by atoms with E-state index in [2.05, 4.69) is 0 Å². The lowest BCUT2D eigenvalue weighted by atomic mass is 9.93. The van der Waals surface area contributed by atoms with Crippen molar-refractivity contribution in [2.45, 2.75) is 31.1 Å². The first-order valence-electron chi connectivity index (χ1n) is 4.62. The van der Waals surface area contributed by atoms with Crippen LogP contribution in [0, 0.1) is 0 Å². The van der Waals surface area contributed by atoms with Crippen LogP contribution in [0.15, 0.2) is 30.3 Å². The van der Waals surface area contributed by atoms with E-state index in [0.29, 0.717) is 24.8 Å². The largest absolute Gasteiger partial charge is 0.244 e. The maximum atomic E-state index is 14.1. The van der Waals surface area contributed by atoms with E-state index in [1.165, 1.54) is 0 Å².